The number of aromatic nitrogens is 4. The molecule has 1 aliphatic rings. The summed E-state index contributed by atoms with van der Waals surface area (Å²) < 4.78 is 13.2. The molecule has 33 heavy (non-hydrogen) atoms. The molecule has 1 saturated heterocycles. The predicted octanol–water partition coefficient (Wildman–Crippen LogP) is 1.47. The number of nitrogens with one attached hydrogen (secondary N) is 1. The summed E-state index contributed by atoms with van der Waals surface area (Å²) in [5, 5.41) is 33.4. The van der Waals surface area contributed by atoms with Gasteiger partial charge in [0.15, 0.2) is 11.2 Å². The van der Waals surface area contributed by atoms with Gasteiger partial charge in [-0.3, -0.25) is 24.8 Å². The molecule has 1 aliphatic heterocycles. The number of carbonyl (C=O) groups excluding carboxylic acids is 1. The van der Waals surface area contributed by atoms with Crippen LogP contribution in [0.15, 0.2) is 30.6 Å². The van der Waals surface area contributed by atoms with Gasteiger partial charge >= 0.3 is 0 Å². The molecule has 4 rings (SSSR count). The van der Waals surface area contributed by atoms with Crippen LogP contribution >= 0.6 is 0 Å². The molecule has 13 nitrogen and oxygen atoms in total. The Labute approximate surface area is 187 Å². The lowest BCUT2D eigenvalue weighted by molar-refractivity contribution is -0.386. The fraction of sp³-hybridized carbons (Fsp3) is 0.400. The van der Waals surface area contributed by atoms with Crippen LogP contribution in [0.3, 0.4) is 0 Å². The van der Waals surface area contributed by atoms with E-state index < -0.39 is 35.4 Å². The Morgan fingerprint density at radius 2 is 2.18 bits per heavy atom. The zero-order valence-corrected chi connectivity index (χ0v) is 17.8. The molecule has 1 unspecified atom stereocenters. The number of anilines is 1. The molecular formula is C20H22N6O7. The SMILES string of the molecule is CC(=O)Nc1nc(OC(C)c2ccccc2[N+](=O)[O-])c2ncn([C@H]3C[C@@H](O)[C@@H](CO)O3)c2n1. The van der Waals surface area contributed by atoms with E-state index in [0.29, 0.717) is 5.56 Å². The van der Waals surface area contributed by atoms with Crippen LogP contribution in [0.5, 0.6) is 5.88 Å². The number of hydrogen-bond donors (Lipinski definition) is 3. The van der Waals surface area contributed by atoms with Crippen LogP contribution in [-0.2, 0) is 9.53 Å². The van der Waals surface area contributed by atoms with Gasteiger partial charge in [0, 0.05) is 19.4 Å². The number of aliphatic hydroxyl groups excluding tert-OH is 2. The van der Waals surface area contributed by atoms with Crippen molar-refractivity contribution in [2.24, 2.45) is 0 Å². The van der Waals surface area contributed by atoms with Crippen molar-refractivity contribution in [3.63, 3.8) is 0 Å². The molecule has 3 N–H and O–H groups in total. The summed E-state index contributed by atoms with van der Waals surface area (Å²) >= 11 is 0. The molecule has 174 valence electrons. The maximum atomic E-state index is 11.6. The lowest BCUT2D eigenvalue weighted by atomic mass is 10.1. The standard InChI is InChI=1S/C20H22N6O7/c1-10(12-5-3-4-6-13(12)26(30)31)32-19-17-18(23-20(24-19)22-11(2)28)25(9-21-17)16-7-14(29)15(8-27)33-16/h3-6,9-10,14-16,27,29H,7-8H2,1-2H3,(H,22,23,24,28)/t10?,14-,15-,16-/m1/s1. The van der Waals surface area contributed by atoms with Crippen LogP contribution in [0, 0.1) is 10.1 Å². The van der Waals surface area contributed by atoms with Crippen molar-refractivity contribution in [3.8, 4) is 5.88 Å². The smallest absolute Gasteiger partial charge is 0.276 e. The van der Waals surface area contributed by atoms with Gasteiger partial charge in [-0.05, 0) is 13.0 Å². The highest BCUT2D eigenvalue weighted by Gasteiger charge is 2.36. The van der Waals surface area contributed by atoms with Crippen LogP contribution in [0.1, 0.15) is 38.2 Å². The van der Waals surface area contributed by atoms with Gasteiger partial charge in [-0.15, -0.1) is 0 Å². The van der Waals surface area contributed by atoms with Crippen molar-refractivity contribution in [3.05, 3.63) is 46.3 Å². The molecule has 0 bridgehead atoms. The lowest BCUT2D eigenvalue weighted by Crippen LogP contribution is -2.24. The van der Waals surface area contributed by atoms with Crippen LogP contribution in [0.2, 0.25) is 0 Å². The van der Waals surface area contributed by atoms with Gasteiger partial charge in [0.1, 0.15) is 18.4 Å². The first-order valence-electron chi connectivity index (χ1n) is 10.1. The summed E-state index contributed by atoms with van der Waals surface area (Å²) in [5.74, 6) is -0.463. The van der Waals surface area contributed by atoms with E-state index in [1.807, 2.05) is 0 Å². The molecular weight excluding hydrogens is 436 g/mol. The number of nitro groups is 1. The van der Waals surface area contributed by atoms with E-state index in [-0.39, 0.29) is 41.7 Å². The third-order valence-corrected chi connectivity index (χ3v) is 5.23. The third kappa shape index (κ3) is 4.46. The summed E-state index contributed by atoms with van der Waals surface area (Å²) in [6.07, 6.45) is -1.44. The number of amides is 1. The van der Waals surface area contributed by atoms with Gasteiger partial charge in [0.2, 0.25) is 17.7 Å². The number of nitro benzene ring substituents is 1. The summed E-state index contributed by atoms with van der Waals surface area (Å²) in [4.78, 5) is 35.4. The molecule has 3 aromatic rings. The van der Waals surface area contributed by atoms with Gasteiger partial charge in [0.05, 0.1) is 29.5 Å². The molecule has 13 heteroatoms. The van der Waals surface area contributed by atoms with Gasteiger partial charge in [0.25, 0.3) is 5.69 Å². The molecule has 0 spiro atoms. The molecule has 1 aromatic carbocycles. The maximum Gasteiger partial charge on any atom is 0.276 e. The van der Waals surface area contributed by atoms with E-state index in [2.05, 4.69) is 20.3 Å². The second kappa shape index (κ2) is 9.05. The minimum atomic E-state index is -0.872. The van der Waals surface area contributed by atoms with E-state index in [4.69, 9.17) is 9.47 Å². The number of rotatable bonds is 7. The first-order chi connectivity index (χ1) is 15.8. The monoisotopic (exact) mass is 458 g/mol. The number of benzene rings is 1. The second-order valence-corrected chi connectivity index (χ2v) is 7.55. The number of aliphatic hydroxyl groups is 2. The third-order valence-electron chi connectivity index (χ3n) is 5.23. The van der Waals surface area contributed by atoms with Gasteiger partial charge in [-0.2, -0.15) is 9.97 Å². The van der Waals surface area contributed by atoms with Gasteiger partial charge in [-0.1, -0.05) is 12.1 Å². The largest absolute Gasteiger partial charge is 0.468 e. The number of nitrogens with zero attached hydrogens (tertiary/aromatic N) is 5. The minimum absolute atomic E-state index is 0.00500. The molecule has 3 heterocycles. The lowest BCUT2D eigenvalue weighted by Gasteiger charge is -2.16. The fourth-order valence-corrected chi connectivity index (χ4v) is 3.68. The predicted molar refractivity (Wildman–Crippen MR) is 113 cm³/mol. The Hall–Kier alpha value is -3.68. The number of para-hydroxylation sites is 1. The van der Waals surface area contributed by atoms with Crippen molar-refractivity contribution in [2.75, 3.05) is 11.9 Å². The highest BCUT2D eigenvalue weighted by molar-refractivity contribution is 5.88. The van der Waals surface area contributed by atoms with E-state index in [1.54, 1.807) is 29.7 Å². The van der Waals surface area contributed by atoms with Crippen molar-refractivity contribution in [1.29, 1.82) is 0 Å². The average Bonchev–Trinajstić information content (AvgIpc) is 3.36. The molecule has 1 fully saturated rings. The second-order valence-electron chi connectivity index (χ2n) is 7.55. The van der Waals surface area contributed by atoms with E-state index in [1.165, 1.54) is 19.3 Å². The van der Waals surface area contributed by atoms with E-state index in [9.17, 15) is 25.1 Å². The van der Waals surface area contributed by atoms with Crippen LogP contribution in [-0.4, -0.2) is 59.4 Å². The quantitative estimate of drug-likeness (QED) is 0.347. The number of fused-ring (bicyclic) bond motifs is 1. The van der Waals surface area contributed by atoms with Crippen molar-refractivity contribution >= 4 is 28.7 Å². The topological polar surface area (TPSA) is 175 Å². The zero-order valence-electron chi connectivity index (χ0n) is 17.8. The molecule has 4 atom stereocenters. The number of hydrogen-bond acceptors (Lipinski definition) is 10. The van der Waals surface area contributed by atoms with E-state index in [0.717, 1.165) is 0 Å². The van der Waals surface area contributed by atoms with Crippen molar-refractivity contribution < 1.29 is 29.4 Å². The minimum Gasteiger partial charge on any atom is -0.468 e. The summed E-state index contributed by atoms with van der Waals surface area (Å²) in [5.41, 5.74) is 0.725. The first-order valence-corrected chi connectivity index (χ1v) is 10.1. The van der Waals surface area contributed by atoms with Crippen LogP contribution < -0.4 is 10.1 Å². The summed E-state index contributed by atoms with van der Waals surface area (Å²) in [6, 6.07) is 6.18. The molecule has 0 aliphatic carbocycles. The Bertz CT molecular complexity index is 1200. The van der Waals surface area contributed by atoms with Crippen LogP contribution in [0.4, 0.5) is 11.6 Å². The van der Waals surface area contributed by atoms with Crippen LogP contribution in [0.25, 0.3) is 11.2 Å². The first kappa shape index (κ1) is 22.5. The Morgan fingerprint density at radius 1 is 1.42 bits per heavy atom. The zero-order chi connectivity index (χ0) is 23.7. The highest BCUT2D eigenvalue weighted by Crippen LogP contribution is 2.35. The van der Waals surface area contributed by atoms with Crippen molar-refractivity contribution in [1.82, 2.24) is 19.5 Å². The fourth-order valence-electron chi connectivity index (χ4n) is 3.68. The number of carbonyl (C=O) groups is 1. The molecule has 0 radical (unpaired) electrons. The normalized spacial score (nSPS) is 21.2. The molecule has 1 amide bonds. The molecule has 2 aromatic heterocycles. The van der Waals surface area contributed by atoms with E-state index >= 15 is 0 Å². The Balaban J connectivity index is 1.74. The summed E-state index contributed by atoms with van der Waals surface area (Å²) in [6.45, 7) is 2.58. The molecule has 0 saturated carbocycles. The summed E-state index contributed by atoms with van der Waals surface area (Å²) in [7, 11) is 0. The van der Waals surface area contributed by atoms with Gasteiger partial charge in [-0.25, -0.2) is 4.98 Å². The Kier molecular flexibility index (Phi) is 6.18. The van der Waals surface area contributed by atoms with Gasteiger partial charge < -0.3 is 19.7 Å². The highest BCUT2D eigenvalue weighted by atomic mass is 16.6. The number of imidazole rings is 1. The Morgan fingerprint density at radius 3 is 2.85 bits per heavy atom. The maximum absolute atomic E-state index is 11.6. The number of ether oxygens (including phenoxy) is 2. The van der Waals surface area contributed by atoms with Crippen molar-refractivity contribution in [2.45, 2.75) is 44.8 Å². The average molecular weight is 458 g/mol.